The molecule has 0 unspecified atom stereocenters. The van der Waals surface area contributed by atoms with Crippen LogP contribution in [-0.2, 0) is 25.7 Å². The summed E-state index contributed by atoms with van der Waals surface area (Å²) < 4.78 is 0. The Morgan fingerprint density at radius 2 is 0.857 bits per heavy atom. The van der Waals surface area contributed by atoms with Gasteiger partial charge in [0.1, 0.15) is 0 Å². The van der Waals surface area contributed by atoms with Gasteiger partial charge in [0.25, 0.3) is 0 Å². The molecule has 42 heavy (non-hydrogen) atoms. The summed E-state index contributed by atoms with van der Waals surface area (Å²) >= 11 is 3.87. The smallest absolute Gasteiger partial charge is 0.0127 e. The van der Waals surface area contributed by atoms with E-state index in [1.165, 1.54) is 111 Å². The molecule has 2 aliphatic carbocycles. The van der Waals surface area contributed by atoms with Gasteiger partial charge < -0.3 is 9.80 Å². The van der Waals surface area contributed by atoms with E-state index in [2.05, 4.69) is 95.3 Å². The molecule has 0 saturated carbocycles. The minimum absolute atomic E-state index is 1.18. The molecule has 216 valence electrons. The molecule has 2 nitrogen and oxygen atoms in total. The first-order valence-corrected chi connectivity index (χ1v) is 17.5. The van der Waals surface area contributed by atoms with Crippen molar-refractivity contribution >= 4 is 33.8 Å². The highest BCUT2D eigenvalue weighted by Gasteiger charge is 2.25. The Balaban J connectivity index is 0.000000137. The Morgan fingerprint density at radius 1 is 0.452 bits per heavy atom. The lowest BCUT2D eigenvalue weighted by molar-refractivity contribution is 0.313. The van der Waals surface area contributed by atoms with Crippen LogP contribution in [0.2, 0.25) is 0 Å². The second-order valence-electron chi connectivity index (χ2n) is 12.4. The monoisotopic (exact) mass is 590 g/mol. The maximum Gasteiger partial charge on any atom is 0.0127 e. The first-order valence-electron chi connectivity index (χ1n) is 15.8. The third-order valence-corrected chi connectivity index (χ3v) is 11.7. The molecule has 2 aromatic carbocycles. The average Bonchev–Trinajstić information content (AvgIpc) is 3.62. The van der Waals surface area contributed by atoms with Gasteiger partial charge in [0.05, 0.1) is 0 Å². The van der Waals surface area contributed by atoms with Crippen molar-refractivity contribution in [1.82, 2.24) is 9.80 Å². The summed E-state index contributed by atoms with van der Waals surface area (Å²) in [5, 5.41) is 4.54. The second-order valence-corrected chi connectivity index (χ2v) is 14.4. The quantitative estimate of drug-likeness (QED) is 0.202. The lowest BCUT2D eigenvalue weighted by Gasteiger charge is -2.27. The third-order valence-electron chi connectivity index (χ3n) is 9.73. The summed E-state index contributed by atoms with van der Waals surface area (Å²) in [7, 11) is 4.47. The van der Waals surface area contributed by atoms with Crippen molar-refractivity contribution < 1.29 is 0 Å². The number of thiophene rings is 2. The number of rotatable bonds is 0. The van der Waals surface area contributed by atoms with Gasteiger partial charge in [-0.15, -0.1) is 22.7 Å². The first kappa shape index (κ1) is 28.0. The molecule has 0 amide bonds. The van der Waals surface area contributed by atoms with Crippen molar-refractivity contribution in [1.29, 1.82) is 0 Å². The fraction of sp³-hybridized carbons (Fsp3) is 0.368. The Labute approximate surface area is 260 Å². The summed E-state index contributed by atoms with van der Waals surface area (Å²) in [5.41, 5.74) is 15.5. The van der Waals surface area contributed by atoms with Gasteiger partial charge in [-0.2, -0.15) is 0 Å². The highest BCUT2D eigenvalue weighted by atomic mass is 32.1. The van der Waals surface area contributed by atoms with E-state index in [4.69, 9.17) is 0 Å². The van der Waals surface area contributed by atoms with Crippen LogP contribution < -0.4 is 0 Å². The molecule has 4 heterocycles. The molecular weight excluding hydrogens is 549 g/mol. The number of nitrogens with zero attached hydrogens (tertiary/aromatic N) is 2. The molecular formula is C38H42N2S2. The molecule has 2 aliphatic heterocycles. The summed E-state index contributed by atoms with van der Waals surface area (Å²) in [6, 6.07) is 22.8. The summed E-state index contributed by atoms with van der Waals surface area (Å²) in [6.45, 7) is 4.78. The lowest BCUT2D eigenvalue weighted by atomic mass is 9.88. The van der Waals surface area contributed by atoms with Crippen molar-refractivity contribution in [3.05, 3.63) is 126 Å². The van der Waals surface area contributed by atoms with Crippen molar-refractivity contribution in [3.63, 3.8) is 0 Å². The predicted octanol–water partition coefficient (Wildman–Crippen LogP) is 8.75. The molecule has 0 spiro atoms. The van der Waals surface area contributed by atoms with Crippen LogP contribution in [0.4, 0.5) is 0 Å². The van der Waals surface area contributed by atoms with Gasteiger partial charge in [0, 0.05) is 35.9 Å². The molecule has 0 atom stereocenters. The molecule has 0 N–H and O–H groups in total. The van der Waals surface area contributed by atoms with Gasteiger partial charge in [-0.3, -0.25) is 0 Å². The van der Waals surface area contributed by atoms with Crippen LogP contribution in [0.3, 0.4) is 0 Å². The van der Waals surface area contributed by atoms with Crippen LogP contribution in [0.15, 0.2) is 82.6 Å². The summed E-state index contributed by atoms with van der Waals surface area (Å²) in [6.07, 6.45) is 9.62. The van der Waals surface area contributed by atoms with E-state index in [9.17, 15) is 0 Å². The molecule has 2 saturated heterocycles. The molecule has 0 bridgehead atoms. The van der Waals surface area contributed by atoms with Crippen LogP contribution in [0, 0.1) is 0 Å². The second kappa shape index (κ2) is 12.5. The minimum atomic E-state index is 1.18. The molecule has 0 radical (unpaired) electrons. The number of fused-ring (bicyclic) bond motifs is 4. The van der Waals surface area contributed by atoms with Crippen molar-refractivity contribution in [3.8, 4) is 0 Å². The van der Waals surface area contributed by atoms with Gasteiger partial charge in [-0.1, -0.05) is 59.7 Å². The Hall–Kier alpha value is -2.76. The highest BCUT2D eigenvalue weighted by Crippen LogP contribution is 2.41. The van der Waals surface area contributed by atoms with Crippen LogP contribution >= 0.6 is 22.7 Å². The van der Waals surface area contributed by atoms with Gasteiger partial charge in [-0.25, -0.2) is 0 Å². The summed E-state index contributed by atoms with van der Waals surface area (Å²) in [4.78, 5) is 8.04. The fourth-order valence-corrected chi connectivity index (χ4v) is 9.07. The Kier molecular flexibility index (Phi) is 8.32. The van der Waals surface area contributed by atoms with Crippen molar-refractivity contribution in [2.24, 2.45) is 0 Å². The Bertz CT molecular complexity index is 1490. The zero-order chi connectivity index (χ0) is 28.5. The maximum atomic E-state index is 2.45. The highest BCUT2D eigenvalue weighted by molar-refractivity contribution is 7.10. The average molecular weight is 591 g/mol. The fourth-order valence-electron chi connectivity index (χ4n) is 7.30. The van der Waals surface area contributed by atoms with E-state index in [1.807, 2.05) is 22.7 Å². The van der Waals surface area contributed by atoms with E-state index in [0.29, 0.717) is 0 Å². The normalized spacial score (nSPS) is 19.1. The molecule has 4 heteroatoms. The predicted molar refractivity (Wildman–Crippen MR) is 182 cm³/mol. The number of aryl methyl sites for hydroxylation is 4. The zero-order valence-corrected chi connectivity index (χ0v) is 26.8. The van der Waals surface area contributed by atoms with Crippen LogP contribution in [-0.4, -0.2) is 50.1 Å². The van der Waals surface area contributed by atoms with Gasteiger partial charge in [0.2, 0.25) is 0 Å². The first-order chi connectivity index (χ1) is 20.7. The van der Waals surface area contributed by atoms with E-state index < -0.39 is 0 Å². The third kappa shape index (κ3) is 5.63. The molecule has 4 aliphatic rings. The summed E-state index contributed by atoms with van der Waals surface area (Å²) in [5.74, 6) is 0. The van der Waals surface area contributed by atoms with Gasteiger partial charge in [-0.05, 0) is 133 Å². The van der Waals surface area contributed by atoms with Gasteiger partial charge >= 0.3 is 0 Å². The van der Waals surface area contributed by atoms with E-state index >= 15 is 0 Å². The van der Waals surface area contributed by atoms with E-state index in [-0.39, 0.29) is 0 Å². The van der Waals surface area contributed by atoms with E-state index in [0.717, 1.165) is 0 Å². The molecule has 2 aromatic heterocycles. The SMILES string of the molecule is CN1CCC(=C2c3ccccc3CCc3sccc32)CC1.CN1CCC(=C2c3ccccc3CCc3sccc32)CC1. The van der Waals surface area contributed by atoms with Gasteiger partial charge in [0.15, 0.2) is 0 Å². The molecule has 2 fully saturated rings. The minimum Gasteiger partial charge on any atom is -0.306 e. The number of benzene rings is 2. The van der Waals surface area contributed by atoms with Crippen LogP contribution in [0.5, 0.6) is 0 Å². The zero-order valence-electron chi connectivity index (χ0n) is 25.1. The van der Waals surface area contributed by atoms with Crippen molar-refractivity contribution in [2.45, 2.75) is 51.4 Å². The number of hydrogen-bond acceptors (Lipinski definition) is 4. The molecule has 8 rings (SSSR count). The maximum absolute atomic E-state index is 2.45. The number of likely N-dealkylation sites (tertiary alicyclic amines) is 2. The van der Waals surface area contributed by atoms with Crippen LogP contribution in [0.1, 0.15) is 68.8 Å². The van der Waals surface area contributed by atoms with Crippen molar-refractivity contribution in [2.75, 3.05) is 40.3 Å². The van der Waals surface area contributed by atoms with E-state index in [1.54, 1.807) is 32.0 Å². The molecule has 4 aromatic rings. The lowest BCUT2D eigenvalue weighted by Crippen LogP contribution is -2.27. The largest absolute Gasteiger partial charge is 0.306 e. The topological polar surface area (TPSA) is 6.48 Å². The van der Waals surface area contributed by atoms with Crippen LogP contribution in [0.25, 0.3) is 11.1 Å². The standard InChI is InChI=1S/2C19H21NS/c2*1-20-11-8-15(9-12-20)19-16-5-3-2-4-14(16)6-7-18-17(19)10-13-21-18/h2*2-5,10,13H,6-9,11-12H2,1H3. The Morgan fingerprint density at radius 3 is 1.29 bits per heavy atom. The number of piperidine rings is 2. The number of hydrogen-bond donors (Lipinski definition) is 0.